The monoisotopic (exact) mass is 337 g/mol. The van der Waals surface area contributed by atoms with Crippen molar-refractivity contribution in [3.63, 3.8) is 0 Å². The summed E-state index contributed by atoms with van der Waals surface area (Å²) >= 11 is 5.64. The van der Waals surface area contributed by atoms with Crippen molar-refractivity contribution in [2.24, 2.45) is 0 Å². The van der Waals surface area contributed by atoms with Crippen LogP contribution in [0, 0.1) is 5.82 Å². The summed E-state index contributed by atoms with van der Waals surface area (Å²) in [6, 6.07) is 6.31. The summed E-state index contributed by atoms with van der Waals surface area (Å²) in [7, 11) is 0. The first-order valence-corrected chi connectivity index (χ1v) is 7.52. The lowest BCUT2D eigenvalue weighted by molar-refractivity contribution is 0.189. The number of ether oxygens (including phenoxy) is 2. The molecule has 23 heavy (non-hydrogen) atoms. The molecule has 2 aliphatic rings. The van der Waals surface area contributed by atoms with Crippen LogP contribution in [0.4, 0.5) is 10.2 Å². The molecular weight excluding hydrogens is 325 g/mol. The normalized spacial score (nSPS) is 18.9. The Bertz CT molecular complexity index is 826. The highest BCUT2D eigenvalue weighted by molar-refractivity contribution is 6.30. The molecule has 120 valence electrons. The molecule has 2 aromatic rings. The quantitative estimate of drug-likeness (QED) is 0.854. The topological polar surface area (TPSA) is 56.6 Å². The predicted molar refractivity (Wildman–Crippen MR) is 81.3 cm³/mol. The fraction of sp³-hybridized carbons (Fsp3) is 0.333. The zero-order chi connectivity index (χ0) is 16.0. The van der Waals surface area contributed by atoms with Gasteiger partial charge in [-0.05, 0) is 17.7 Å². The number of rotatable bonds is 3. The van der Waals surface area contributed by atoms with Crippen molar-refractivity contribution in [2.45, 2.75) is 19.2 Å². The first-order valence-electron chi connectivity index (χ1n) is 7.15. The predicted octanol–water partition coefficient (Wildman–Crippen LogP) is 1.79. The summed E-state index contributed by atoms with van der Waals surface area (Å²) in [4.78, 5) is 18.0. The number of aromatic nitrogens is 2. The van der Waals surface area contributed by atoms with Crippen LogP contribution in [0.1, 0.15) is 5.56 Å². The smallest absolute Gasteiger partial charge is 0.352 e. The number of fused-ring (bicyclic) bond motifs is 3. The molecule has 0 spiro atoms. The fourth-order valence-electron chi connectivity index (χ4n) is 2.84. The number of halogens is 2. The Morgan fingerprint density at radius 2 is 2.30 bits per heavy atom. The second-order valence-corrected chi connectivity index (χ2v) is 5.91. The second-order valence-electron chi connectivity index (χ2n) is 5.51. The van der Waals surface area contributed by atoms with Gasteiger partial charge in [-0.15, -0.1) is 0 Å². The Balaban J connectivity index is 1.56. The molecular formula is C15H13ClFN3O3. The molecule has 1 saturated heterocycles. The van der Waals surface area contributed by atoms with Crippen LogP contribution in [0.3, 0.4) is 0 Å². The maximum Gasteiger partial charge on any atom is 0.352 e. The van der Waals surface area contributed by atoms with E-state index in [9.17, 15) is 9.18 Å². The van der Waals surface area contributed by atoms with Crippen LogP contribution in [0.5, 0.6) is 5.88 Å². The molecule has 8 heteroatoms. The summed E-state index contributed by atoms with van der Waals surface area (Å²) in [5.41, 5.74) is 0.255. The van der Waals surface area contributed by atoms with E-state index in [0.717, 1.165) is 5.82 Å². The first-order chi connectivity index (χ1) is 11.1. The molecule has 0 amide bonds. The minimum Gasteiger partial charge on any atom is -0.473 e. The van der Waals surface area contributed by atoms with E-state index >= 15 is 0 Å². The van der Waals surface area contributed by atoms with Crippen molar-refractivity contribution in [3.05, 3.63) is 51.2 Å². The molecule has 4 rings (SSSR count). The first kappa shape index (κ1) is 14.5. The molecule has 6 nitrogen and oxygen atoms in total. The van der Waals surface area contributed by atoms with Gasteiger partial charge < -0.3 is 14.4 Å². The summed E-state index contributed by atoms with van der Waals surface area (Å²) in [5, 5.41) is 0.0581. The van der Waals surface area contributed by atoms with E-state index in [4.69, 9.17) is 21.1 Å². The van der Waals surface area contributed by atoms with Gasteiger partial charge in [-0.1, -0.05) is 17.7 Å². The average Bonchev–Trinajstić information content (AvgIpc) is 3.10. The zero-order valence-corrected chi connectivity index (χ0v) is 12.8. The Hall–Kier alpha value is -2.12. The summed E-state index contributed by atoms with van der Waals surface area (Å²) in [6.07, 6.45) is 0. The molecule has 0 N–H and O–H groups in total. The van der Waals surface area contributed by atoms with Crippen LogP contribution >= 0.6 is 11.6 Å². The van der Waals surface area contributed by atoms with Crippen molar-refractivity contribution < 1.29 is 13.9 Å². The van der Waals surface area contributed by atoms with Crippen molar-refractivity contribution in [3.8, 4) is 5.88 Å². The average molecular weight is 338 g/mol. The maximum atomic E-state index is 13.4. The van der Waals surface area contributed by atoms with Crippen LogP contribution in [0.15, 0.2) is 29.1 Å². The molecule has 1 aromatic carbocycles. The number of hydrogen-bond donors (Lipinski definition) is 0. The van der Waals surface area contributed by atoms with E-state index in [1.165, 1.54) is 12.1 Å². The molecule has 1 fully saturated rings. The van der Waals surface area contributed by atoms with Gasteiger partial charge in [0.15, 0.2) is 0 Å². The lowest BCUT2D eigenvalue weighted by atomic mass is 10.2. The minimum absolute atomic E-state index is 0.0581. The van der Waals surface area contributed by atoms with E-state index < -0.39 is 5.82 Å². The van der Waals surface area contributed by atoms with Crippen LogP contribution in [0.2, 0.25) is 5.02 Å². The molecule has 2 aliphatic heterocycles. The fourth-order valence-corrected chi connectivity index (χ4v) is 2.96. The molecule has 0 radical (unpaired) electrons. The van der Waals surface area contributed by atoms with Crippen LogP contribution in [-0.4, -0.2) is 28.9 Å². The second kappa shape index (κ2) is 5.50. The minimum atomic E-state index is -0.508. The summed E-state index contributed by atoms with van der Waals surface area (Å²) in [6.45, 7) is 1.73. The van der Waals surface area contributed by atoms with Gasteiger partial charge in [0.2, 0.25) is 5.88 Å². The van der Waals surface area contributed by atoms with Gasteiger partial charge in [0.25, 0.3) is 0 Å². The van der Waals surface area contributed by atoms with Crippen molar-refractivity contribution in [2.75, 3.05) is 18.2 Å². The van der Waals surface area contributed by atoms with E-state index in [0.29, 0.717) is 25.4 Å². The lowest BCUT2D eigenvalue weighted by Crippen LogP contribution is -2.26. The van der Waals surface area contributed by atoms with Crippen LogP contribution in [0.25, 0.3) is 0 Å². The van der Waals surface area contributed by atoms with E-state index in [1.807, 2.05) is 4.90 Å². The third-order valence-electron chi connectivity index (χ3n) is 4.01. The molecule has 3 heterocycles. The van der Waals surface area contributed by atoms with Gasteiger partial charge in [0, 0.05) is 6.07 Å². The van der Waals surface area contributed by atoms with Crippen LogP contribution < -0.4 is 15.3 Å². The molecule has 1 aromatic heterocycles. The van der Waals surface area contributed by atoms with Gasteiger partial charge in [0.1, 0.15) is 25.0 Å². The highest BCUT2D eigenvalue weighted by atomic mass is 35.5. The molecule has 0 unspecified atom stereocenters. The Morgan fingerprint density at radius 3 is 3.13 bits per heavy atom. The standard InChI is InChI=1S/C15H13ClFN3O3/c16-11-2-1-9(3-12(11)17)6-23-13-4-14-19(15(21)18-13)5-10-7-22-8-20(10)14/h1-4,10H,5-8H2/t10-/m1/s1. The van der Waals surface area contributed by atoms with Crippen molar-refractivity contribution in [1.82, 2.24) is 9.55 Å². The van der Waals surface area contributed by atoms with Gasteiger partial charge in [-0.25, -0.2) is 9.18 Å². The highest BCUT2D eigenvalue weighted by Crippen LogP contribution is 2.29. The summed E-state index contributed by atoms with van der Waals surface area (Å²) < 4.78 is 26.0. The molecule has 0 bridgehead atoms. The van der Waals surface area contributed by atoms with Gasteiger partial charge in [0.05, 0.1) is 24.2 Å². The third kappa shape index (κ3) is 2.55. The maximum absolute atomic E-state index is 13.4. The number of benzene rings is 1. The van der Waals surface area contributed by atoms with E-state index in [1.54, 1.807) is 16.7 Å². The van der Waals surface area contributed by atoms with Gasteiger partial charge in [-0.3, -0.25) is 4.57 Å². The van der Waals surface area contributed by atoms with E-state index in [-0.39, 0.29) is 29.2 Å². The van der Waals surface area contributed by atoms with Gasteiger partial charge >= 0.3 is 5.69 Å². The van der Waals surface area contributed by atoms with Crippen LogP contribution in [-0.2, 0) is 17.9 Å². The Kier molecular flexibility index (Phi) is 3.46. The van der Waals surface area contributed by atoms with Gasteiger partial charge in [-0.2, -0.15) is 4.98 Å². The largest absolute Gasteiger partial charge is 0.473 e. The molecule has 0 saturated carbocycles. The Morgan fingerprint density at radius 1 is 1.43 bits per heavy atom. The van der Waals surface area contributed by atoms with E-state index in [2.05, 4.69) is 4.98 Å². The SMILES string of the molecule is O=c1nc(OCc2ccc(Cl)c(F)c2)cc2n1C[C@@H]1COCN21. The zero-order valence-electron chi connectivity index (χ0n) is 12.0. The summed E-state index contributed by atoms with van der Waals surface area (Å²) in [5.74, 6) is 0.445. The highest BCUT2D eigenvalue weighted by Gasteiger charge is 2.35. The number of nitrogens with zero attached hydrogens (tertiary/aromatic N) is 3. The Labute approximate surface area is 136 Å². The van der Waals surface area contributed by atoms with Crippen molar-refractivity contribution in [1.29, 1.82) is 0 Å². The van der Waals surface area contributed by atoms with Crippen molar-refractivity contribution >= 4 is 17.4 Å². The lowest BCUT2D eigenvalue weighted by Gasteiger charge is -2.15. The molecule has 1 atom stereocenters. The third-order valence-corrected chi connectivity index (χ3v) is 4.31. The number of anilines is 1. The molecule has 0 aliphatic carbocycles. The number of hydrogen-bond acceptors (Lipinski definition) is 5.